The topological polar surface area (TPSA) is 96.3 Å². The third-order valence-corrected chi connectivity index (χ3v) is 3.15. The molecule has 3 N–H and O–H groups in total. The predicted octanol–water partition coefficient (Wildman–Crippen LogP) is 0.712. The van der Waals surface area contributed by atoms with E-state index in [2.05, 4.69) is 15.7 Å². The van der Waals surface area contributed by atoms with Crippen LogP contribution < -0.4 is 10.6 Å². The van der Waals surface area contributed by atoms with Crippen LogP contribution in [0.5, 0.6) is 0 Å². The fourth-order valence-electron chi connectivity index (χ4n) is 1.99. The molecule has 122 valence electrons. The Hall–Kier alpha value is -2.67. The molecule has 0 aliphatic heterocycles. The SMILES string of the molecule is CC(O)CNC(=O)c1cc(NC(=O)Cc2ccccc2)n(C)n1. The maximum atomic E-state index is 12.0. The Morgan fingerprint density at radius 1 is 1.30 bits per heavy atom. The molecule has 7 heteroatoms. The van der Waals surface area contributed by atoms with E-state index in [-0.39, 0.29) is 24.6 Å². The number of aromatic nitrogens is 2. The summed E-state index contributed by atoms with van der Waals surface area (Å²) in [5.41, 5.74) is 1.09. The lowest BCUT2D eigenvalue weighted by Gasteiger charge is -2.04. The van der Waals surface area contributed by atoms with Crippen LogP contribution >= 0.6 is 0 Å². The first-order chi connectivity index (χ1) is 11.0. The molecule has 23 heavy (non-hydrogen) atoms. The highest BCUT2D eigenvalue weighted by atomic mass is 16.3. The van der Waals surface area contributed by atoms with Gasteiger partial charge < -0.3 is 15.7 Å². The number of rotatable bonds is 6. The highest BCUT2D eigenvalue weighted by molar-refractivity contribution is 5.95. The lowest BCUT2D eigenvalue weighted by atomic mass is 10.1. The van der Waals surface area contributed by atoms with E-state index in [1.54, 1.807) is 14.0 Å². The molecule has 0 aliphatic rings. The van der Waals surface area contributed by atoms with Crippen LogP contribution in [0, 0.1) is 0 Å². The van der Waals surface area contributed by atoms with Crippen LogP contribution in [0.1, 0.15) is 23.0 Å². The monoisotopic (exact) mass is 316 g/mol. The molecule has 0 aliphatic carbocycles. The van der Waals surface area contributed by atoms with Gasteiger partial charge in [-0.1, -0.05) is 30.3 Å². The molecule has 0 saturated carbocycles. The Balaban J connectivity index is 1.98. The minimum atomic E-state index is -0.632. The lowest BCUT2D eigenvalue weighted by Crippen LogP contribution is -2.30. The average Bonchev–Trinajstić information content (AvgIpc) is 2.86. The molecule has 0 radical (unpaired) electrons. The van der Waals surface area contributed by atoms with E-state index in [1.807, 2.05) is 30.3 Å². The number of aliphatic hydroxyl groups is 1. The van der Waals surface area contributed by atoms with E-state index in [9.17, 15) is 9.59 Å². The van der Waals surface area contributed by atoms with Crippen LogP contribution in [0.15, 0.2) is 36.4 Å². The van der Waals surface area contributed by atoms with Crippen LogP contribution in [0.4, 0.5) is 5.82 Å². The summed E-state index contributed by atoms with van der Waals surface area (Å²) in [7, 11) is 1.64. The average molecular weight is 316 g/mol. The zero-order valence-corrected chi connectivity index (χ0v) is 13.1. The number of nitrogens with one attached hydrogen (secondary N) is 2. The van der Waals surface area contributed by atoms with Crippen molar-refractivity contribution in [2.75, 3.05) is 11.9 Å². The van der Waals surface area contributed by atoms with Crippen molar-refractivity contribution < 1.29 is 14.7 Å². The van der Waals surface area contributed by atoms with E-state index < -0.39 is 12.0 Å². The first-order valence-corrected chi connectivity index (χ1v) is 7.30. The van der Waals surface area contributed by atoms with Crippen molar-refractivity contribution in [1.29, 1.82) is 0 Å². The van der Waals surface area contributed by atoms with Gasteiger partial charge in [-0.2, -0.15) is 5.10 Å². The molecule has 1 unspecified atom stereocenters. The Kier molecular flexibility index (Phi) is 5.48. The highest BCUT2D eigenvalue weighted by Gasteiger charge is 2.14. The molecule has 1 aromatic heterocycles. The van der Waals surface area contributed by atoms with Crippen molar-refractivity contribution >= 4 is 17.6 Å². The summed E-state index contributed by atoms with van der Waals surface area (Å²) in [5, 5.41) is 18.5. The van der Waals surface area contributed by atoms with Gasteiger partial charge in [-0.05, 0) is 12.5 Å². The van der Waals surface area contributed by atoms with Crippen molar-refractivity contribution in [2.45, 2.75) is 19.4 Å². The van der Waals surface area contributed by atoms with E-state index in [1.165, 1.54) is 10.7 Å². The number of aliphatic hydroxyl groups excluding tert-OH is 1. The number of aryl methyl sites for hydroxylation is 1. The second kappa shape index (κ2) is 7.55. The fraction of sp³-hybridized carbons (Fsp3) is 0.312. The number of benzene rings is 1. The number of amides is 2. The third-order valence-electron chi connectivity index (χ3n) is 3.15. The number of carbonyl (C=O) groups is 2. The van der Waals surface area contributed by atoms with Gasteiger partial charge in [0, 0.05) is 19.7 Å². The molecule has 2 aromatic rings. The van der Waals surface area contributed by atoms with Crippen molar-refractivity contribution in [3.63, 3.8) is 0 Å². The van der Waals surface area contributed by atoms with E-state index >= 15 is 0 Å². The molecular formula is C16H20N4O3. The van der Waals surface area contributed by atoms with E-state index in [0.717, 1.165) is 5.56 Å². The Labute approximate surface area is 134 Å². The molecule has 0 bridgehead atoms. The first kappa shape index (κ1) is 16.7. The zero-order valence-electron chi connectivity index (χ0n) is 13.1. The molecule has 1 heterocycles. The molecule has 0 fully saturated rings. The second-order valence-corrected chi connectivity index (χ2v) is 5.31. The summed E-state index contributed by atoms with van der Waals surface area (Å²) in [5.74, 6) is -0.145. The van der Waals surface area contributed by atoms with Crippen LogP contribution in [-0.2, 0) is 18.3 Å². The van der Waals surface area contributed by atoms with Crippen molar-refractivity contribution in [1.82, 2.24) is 15.1 Å². The van der Waals surface area contributed by atoms with Gasteiger partial charge in [0.2, 0.25) is 5.91 Å². The number of carbonyl (C=O) groups excluding carboxylic acids is 2. The Bertz CT molecular complexity index is 680. The molecule has 0 spiro atoms. The van der Waals surface area contributed by atoms with Crippen LogP contribution in [0.25, 0.3) is 0 Å². The summed E-state index contributed by atoms with van der Waals surface area (Å²) in [6.07, 6.45) is -0.386. The summed E-state index contributed by atoms with van der Waals surface area (Å²) in [6.45, 7) is 1.72. The normalized spacial score (nSPS) is 11.8. The summed E-state index contributed by atoms with van der Waals surface area (Å²) >= 11 is 0. The smallest absolute Gasteiger partial charge is 0.271 e. The molecule has 7 nitrogen and oxygen atoms in total. The molecule has 0 saturated heterocycles. The molecule has 2 rings (SSSR count). The van der Waals surface area contributed by atoms with Gasteiger partial charge in [0.25, 0.3) is 5.91 Å². The zero-order chi connectivity index (χ0) is 16.8. The molecule has 1 atom stereocenters. The van der Waals surface area contributed by atoms with Crippen molar-refractivity contribution in [2.24, 2.45) is 7.05 Å². The standard InChI is InChI=1S/C16H20N4O3/c1-11(21)10-17-16(23)13-9-14(20(2)19-13)18-15(22)8-12-6-4-3-5-7-12/h3-7,9,11,21H,8,10H2,1-2H3,(H,17,23)(H,18,22). The van der Waals surface area contributed by atoms with Gasteiger partial charge in [0.15, 0.2) is 5.69 Å². The fourth-order valence-corrected chi connectivity index (χ4v) is 1.99. The van der Waals surface area contributed by atoms with Crippen LogP contribution in [-0.4, -0.2) is 39.4 Å². The summed E-state index contributed by atoms with van der Waals surface area (Å²) in [4.78, 5) is 23.9. The van der Waals surface area contributed by atoms with Gasteiger partial charge in [0.05, 0.1) is 12.5 Å². The van der Waals surface area contributed by atoms with E-state index in [4.69, 9.17) is 5.11 Å². The number of hydrogen-bond acceptors (Lipinski definition) is 4. The molecule has 2 amide bonds. The number of nitrogens with zero attached hydrogens (tertiary/aromatic N) is 2. The maximum Gasteiger partial charge on any atom is 0.271 e. The summed E-state index contributed by atoms with van der Waals surface area (Å²) < 4.78 is 1.43. The van der Waals surface area contributed by atoms with Gasteiger partial charge in [-0.3, -0.25) is 14.3 Å². The van der Waals surface area contributed by atoms with Gasteiger partial charge in [0.1, 0.15) is 5.82 Å². The van der Waals surface area contributed by atoms with Crippen molar-refractivity contribution in [3.05, 3.63) is 47.7 Å². The highest BCUT2D eigenvalue weighted by Crippen LogP contribution is 2.10. The third kappa shape index (κ3) is 4.93. The van der Waals surface area contributed by atoms with Gasteiger partial charge in [-0.15, -0.1) is 0 Å². The quantitative estimate of drug-likeness (QED) is 0.731. The van der Waals surface area contributed by atoms with E-state index in [0.29, 0.717) is 5.82 Å². The van der Waals surface area contributed by atoms with Gasteiger partial charge >= 0.3 is 0 Å². The summed E-state index contributed by atoms with van der Waals surface area (Å²) in [6, 6.07) is 10.9. The largest absolute Gasteiger partial charge is 0.392 e. The maximum absolute atomic E-state index is 12.0. The lowest BCUT2D eigenvalue weighted by molar-refractivity contribution is -0.115. The Morgan fingerprint density at radius 3 is 2.65 bits per heavy atom. The minimum absolute atomic E-state index is 0.144. The van der Waals surface area contributed by atoms with Crippen LogP contribution in [0.3, 0.4) is 0 Å². The first-order valence-electron chi connectivity index (χ1n) is 7.30. The Morgan fingerprint density at radius 2 is 2.00 bits per heavy atom. The van der Waals surface area contributed by atoms with Crippen molar-refractivity contribution in [3.8, 4) is 0 Å². The molecule has 1 aromatic carbocycles. The molecular weight excluding hydrogens is 296 g/mol. The predicted molar refractivity (Wildman–Crippen MR) is 86.0 cm³/mol. The minimum Gasteiger partial charge on any atom is -0.392 e. The number of anilines is 1. The second-order valence-electron chi connectivity index (χ2n) is 5.31. The van der Waals surface area contributed by atoms with Gasteiger partial charge in [-0.25, -0.2) is 0 Å². The van der Waals surface area contributed by atoms with Crippen LogP contribution in [0.2, 0.25) is 0 Å². The number of hydrogen-bond donors (Lipinski definition) is 3.